The molecular weight excluding hydrogens is 258 g/mol. The van der Waals surface area contributed by atoms with Gasteiger partial charge in [-0.25, -0.2) is 0 Å². The molecule has 0 saturated carbocycles. The van der Waals surface area contributed by atoms with Gasteiger partial charge in [0.2, 0.25) is 0 Å². The molecule has 0 heterocycles. The minimum atomic E-state index is 0.0996. The molecule has 84 valence electrons. The fraction of sp³-hybridized carbons (Fsp3) is 0.455. The summed E-state index contributed by atoms with van der Waals surface area (Å²) in [5.74, 6) is 1.50. The number of halogens is 1. The van der Waals surface area contributed by atoms with E-state index in [-0.39, 0.29) is 6.10 Å². The smallest absolute Gasteiger partial charge is 0.175 e. The largest absolute Gasteiger partial charge is 0.493 e. The van der Waals surface area contributed by atoms with Crippen molar-refractivity contribution in [3.05, 3.63) is 22.7 Å². The van der Waals surface area contributed by atoms with Crippen LogP contribution in [0.3, 0.4) is 0 Å². The second-order valence-corrected chi connectivity index (χ2v) is 4.11. The first-order valence-electron chi connectivity index (χ1n) is 4.82. The summed E-state index contributed by atoms with van der Waals surface area (Å²) in [4.78, 5) is 0. The molecule has 0 spiro atoms. The maximum absolute atomic E-state index is 5.77. The lowest BCUT2D eigenvalue weighted by Crippen LogP contribution is -2.26. The zero-order valence-electron chi connectivity index (χ0n) is 9.21. The van der Waals surface area contributed by atoms with Crippen molar-refractivity contribution in [1.82, 2.24) is 5.32 Å². The molecule has 1 unspecified atom stereocenters. The van der Waals surface area contributed by atoms with Crippen LogP contribution in [0.15, 0.2) is 22.7 Å². The number of benzene rings is 1. The van der Waals surface area contributed by atoms with Crippen molar-refractivity contribution in [2.75, 3.05) is 20.7 Å². The zero-order valence-corrected chi connectivity index (χ0v) is 10.8. The Balaban J connectivity index is 2.82. The second kappa shape index (κ2) is 5.98. The van der Waals surface area contributed by atoms with Crippen molar-refractivity contribution in [1.29, 1.82) is 0 Å². The summed E-state index contributed by atoms with van der Waals surface area (Å²) in [5, 5.41) is 3.06. The molecule has 1 N–H and O–H groups in total. The van der Waals surface area contributed by atoms with Crippen molar-refractivity contribution in [2.24, 2.45) is 0 Å². The third-order valence-electron chi connectivity index (χ3n) is 1.96. The molecule has 0 fully saturated rings. The summed E-state index contributed by atoms with van der Waals surface area (Å²) in [6, 6.07) is 5.73. The van der Waals surface area contributed by atoms with E-state index in [0.29, 0.717) is 0 Å². The van der Waals surface area contributed by atoms with E-state index in [1.807, 2.05) is 32.2 Å². The predicted octanol–water partition coefficient (Wildman–Crippen LogP) is 2.44. The normalized spacial score (nSPS) is 12.3. The molecule has 3 nitrogen and oxygen atoms in total. The number of methoxy groups -OCH3 is 1. The van der Waals surface area contributed by atoms with Crippen LogP contribution in [0.2, 0.25) is 0 Å². The molecule has 0 aliphatic rings. The molecule has 1 aromatic rings. The fourth-order valence-corrected chi connectivity index (χ4v) is 1.74. The Labute approximate surface area is 98.9 Å². The van der Waals surface area contributed by atoms with E-state index in [9.17, 15) is 0 Å². The lowest BCUT2D eigenvalue weighted by molar-refractivity contribution is 0.209. The van der Waals surface area contributed by atoms with Crippen LogP contribution >= 0.6 is 15.9 Å². The average Bonchev–Trinajstić information content (AvgIpc) is 2.21. The molecule has 0 amide bonds. The Morgan fingerprint density at radius 3 is 2.80 bits per heavy atom. The quantitative estimate of drug-likeness (QED) is 0.894. The first-order chi connectivity index (χ1) is 7.19. The highest BCUT2D eigenvalue weighted by Gasteiger charge is 2.11. The standard InChI is InChI=1S/C11H16BrNO2/c1-8(7-13-2)15-11-9(12)5-4-6-10(11)14-3/h4-6,8,13H,7H2,1-3H3. The molecular formula is C11H16BrNO2. The van der Waals surface area contributed by atoms with Gasteiger partial charge in [0.1, 0.15) is 6.10 Å². The zero-order chi connectivity index (χ0) is 11.3. The number of hydrogen-bond acceptors (Lipinski definition) is 3. The van der Waals surface area contributed by atoms with Crippen molar-refractivity contribution in [2.45, 2.75) is 13.0 Å². The lowest BCUT2D eigenvalue weighted by atomic mass is 10.3. The molecule has 4 heteroatoms. The van der Waals surface area contributed by atoms with Crippen LogP contribution in [0.25, 0.3) is 0 Å². The van der Waals surface area contributed by atoms with Gasteiger partial charge in [-0.1, -0.05) is 6.07 Å². The summed E-state index contributed by atoms with van der Waals surface area (Å²) >= 11 is 3.44. The van der Waals surface area contributed by atoms with Crippen molar-refractivity contribution in [3.63, 3.8) is 0 Å². The van der Waals surface area contributed by atoms with Crippen LogP contribution in [0.1, 0.15) is 6.92 Å². The topological polar surface area (TPSA) is 30.5 Å². The minimum Gasteiger partial charge on any atom is -0.493 e. The number of rotatable bonds is 5. The van der Waals surface area contributed by atoms with Gasteiger partial charge in [0.15, 0.2) is 11.5 Å². The van der Waals surface area contributed by atoms with Crippen molar-refractivity contribution < 1.29 is 9.47 Å². The highest BCUT2D eigenvalue weighted by molar-refractivity contribution is 9.10. The van der Waals surface area contributed by atoms with Crippen molar-refractivity contribution in [3.8, 4) is 11.5 Å². The van der Waals surface area contributed by atoms with Crippen LogP contribution < -0.4 is 14.8 Å². The van der Waals surface area contributed by atoms with Crippen LogP contribution in [0, 0.1) is 0 Å². The van der Waals surface area contributed by atoms with Gasteiger partial charge in [0.25, 0.3) is 0 Å². The maximum Gasteiger partial charge on any atom is 0.175 e. The fourth-order valence-electron chi connectivity index (χ4n) is 1.29. The molecule has 0 aliphatic carbocycles. The van der Waals surface area contributed by atoms with Gasteiger partial charge >= 0.3 is 0 Å². The van der Waals surface area contributed by atoms with E-state index in [1.54, 1.807) is 7.11 Å². The Morgan fingerprint density at radius 1 is 1.47 bits per heavy atom. The van der Waals surface area contributed by atoms with E-state index < -0.39 is 0 Å². The number of nitrogens with one attached hydrogen (secondary N) is 1. The molecule has 0 aromatic heterocycles. The van der Waals surface area contributed by atoms with Gasteiger partial charge in [-0.3, -0.25) is 0 Å². The first-order valence-corrected chi connectivity index (χ1v) is 5.62. The third kappa shape index (κ3) is 3.39. The first kappa shape index (κ1) is 12.3. The van der Waals surface area contributed by atoms with Crippen molar-refractivity contribution >= 4 is 15.9 Å². The Hall–Kier alpha value is -0.740. The monoisotopic (exact) mass is 273 g/mol. The molecule has 0 saturated heterocycles. The van der Waals surface area contributed by atoms with Crippen LogP contribution in [-0.2, 0) is 0 Å². The highest BCUT2D eigenvalue weighted by atomic mass is 79.9. The number of para-hydroxylation sites is 1. The van der Waals surface area contributed by atoms with Crippen LogP contribution in [0.4, 0.5) is 0 Å². The summed E-state index contributed by atoms with van der Waals surface area (Å²) in [5.41, 5.74) is 0. The Morgan fingerprint density at radius 2 is 2.20 bits per heavy atom. The minimum absolute atomic E-state index is 0.0996. The van der Waals surface area contributed by atoms with E-state index in [4.69, 9.17) is 9.47 Å². The van der Waals surface area contributed by atoms with Gasteiger partial charge in [-0.15, -0.1) is 0 Å². The number of ether oxygens (including phenoxy) is 2. The van der Waals surface area contributed by atoms with Gasteiger partial charge in [0, 0.05) is 6.54 Å². The summed E-state index contributed by atoms with van der Waals surface area (Å²) < 4.78 is 11.9. The predicted molar refractivity (Wildman–Crippen MR) is 64.7 cm³/mol. The SMILES string of the molecule is CNCC(C)Oc1c(Br)cccc1OC. The summed E-state index contributed by atoms with van der Waals surface area (Å²) in [6.07, 6.45) is 0.0996. The molecule has 0 radical (unpaired) electrons. The number of likely N-dealkylation sites (N-methyl/N-ethyl adjacent to an activating group) is 1. The lowest BCUT2D eigenvalue weighted by Gasteiger charge is -2.17. The molecule has 1 atom stereocenters. The van der Waals surface area contributed by atoms with E-state index in [0.717, 1.165) is 22.5 Å². The van der Waals surface area contributed by atoms with Crippen LogP contribution in [0.5, 0.6) is 11.5 Å². The Bertz CT molecular complexity index is 317. The van der Waals surface area contributed by atoms with E-state index in [2.05, 4.69) is 21.2 Å². The Kier molecular flexibility index (Phi) is 4.91. The third-order valence-corrected chi connectivity index (χ3v) is 2.59. The molecule has 1 rings (SSSR count). The summed E-state index contributed by atoms with van der Waals surface area (Å²) in [6.45, 7) is 2.81. The summed E-state index contributed by atoms with van der Waals surface area (Å²) in [7, 11) is 3.54. The maximum atomic E-state index is 5.77. The van der Waals surface area contributed by atoms with Crippen LogP contribution in [-0.4, -0.2) is 26.8 Å². The van der Waals surface area contributed by atoms with Gasteiger partial charge < -0.3 is 14.8 Å². The molecule has 15 heavy (non-hydrogen) atoms. The number of hydrogen-bond donors (Lipinski definition) is 1. The average molecular weight is 274 g/mol. The van der Waals surface area contributed by atoms with Gasteiger partial charge in [0.05, 0.1) is 11.6 Å². The molecule has 0 bridgehead atoms. The van der Waals surface area contributed by atoms with Gasteiger partial charge in [-0.2, -0.15) is 0 Å². The van der Waals surface area contributed by atoms with E-state index >= 15 is 0 Å². The second-order valence-electron chi connectivity index (χ2n) is 3.26. The molecule has 1 aromatic carbocycles. The highest BCUT2D eigenvalue weighted by Crippen LogP contribution is 2.35. The molecule has 0 aliphatic heterocycles. The van der Waals surface area contributed by atoms with Gasteiger partial charge in [-0.05, 0) is 42.0 Å². The van der Waals surface area contributed by atoms with E-state index in [1.165, 1.54) is 0 Å².